The number of benzene rings is 1. The van der Waals surface area contributed by atoms with Gasteiger partial charge in [0.15, 0.2) is 11.4 Å². The molecule has 1 aromatic carbocycles. The fourth-order valence-electron chi connectivity index (χ4n) is 4.62. The van der Waals surface area contributed by atoms with E-state index in [9.17, 15) is 4.79 Å². The molecular formula is C26H30N10O3S. The Hall–Kier alpha value is -4.01. The van der Waals surface area contributed by atoms with Crippen molar-refractivity contribution < 1.29 is 14.4 Å². The van der Waals surface area contributed by atoms with Crippen LogP contribution in [0.15, 0.2) is 48.0 Å². The zero-order chi connectivity index (χ0) is 27.3. The topological polar surface area (TPSA) is 146 Å². The Morgan fingerprint density at radius 3 is 2.67 bits per heavy atom. The van der Waals surface area contributed by atoms with Crippen LogP contribution in [0.2, 0.25) is 0 Å². The highest BCUT2D eigenvalue weighted by atomic mass is 32.2. The van der Waals surface area contributed by atoms with E-state index in [1.54, 1.807) is 6.20 Å². The number of hydroxylamine groups is 1. The molecule has 1 unspecified atom stereocenters. The minimum Gasteiger partial charge on any atom is -0.353 e. The van der Waals surface area contributed by atoms with Gasteiger partial charge in [-0.1, -0.05) is 11.8 Å². The van der Waals surface area contributed by atoms with Crippen molar-refractivity contribution in [3.05, 3.63) is 48.4 Å². The van der Waals surface area contributed by atoms with E-state index >= 15 is 0 Å². The summed E-state index contributed by atoms with van der Waals surface area (Å²) in [7, 11) is 0. The molecule has 2 aliphatic heterocycles. The first-order chi connectivity index (χ1) is 19.6. The number of nitrogens with zero attached hydrogens (tertiary/aromatic N) is 7. The van der Waals surface area contributed by atoms with Crippen LogP contribution < -0.4 is 20.6 Å². The third-order valence-electron chi connectivity index (χ3n) is 6.80. The van der Waals surface area contributed by atoms with Crippen molar-refractivity contribution in [2.75, 3.05) is 54.2 Å². The molecule has 40 heavy (non-hydrogen) atoms. The van der Waals surface area contributed by atoms with Gasteiger partial charge in [-0.15, -0.1) is 0 Å². The second kappa shape index (κ2) is 12.0. The Kier molecular flexibility index (Phi) is 7.88. The van der Waals surface area contributed by atoms with E-state index in [1.807, 2.05) is 30.5 Å². The highest BCUT2D eigenvalue weighted by Gasteiger charge is 2.22. The van der Waals surface area contributed by atoms with Gasteiger partial charge in [-0.25, -0.2) is 30.3 Å². The molecule has 3 aromatic heterocycles. The van der Waals surface area contributed by atoms with Crippen LogP contribution in [-0.4, -0.2) is 81.4 Å². The lowest BCUT2D eigenvalue weighted by Gasteiger charge is -2.35. The number of hydrogen-bond acceptors (Lipinski definition) is 12. The lowest BCUT2D eigenvalue weighted by Crippen LogP contribution is -2.47. The zero-order valence-electron chi connectivity index (χ0n) is 22.0. The molecule has 1 amide bonds. The maximum absolute atomic E-state index is 12.4. The van der Waals surface area contributed by atoms with E-state index in [1.165, 1.54) is 24.2 Å². The molecule has 2 saturated heterocycles. The maximum Gasteiger partial charge on any atom is 0.278 e. The van der Waals surface area contributed by atoms with Crippen molar-refractivity contribution in [3.63, 3.8) is 0 Å². The van der Waals surface area contributed by atoms with Crippen molar-refractivity contribution in [2.45, 2.75) is 30.7 Å². The van der Waals surface area contributed by atoms with Gasteiger partial charge < -0.3 is 19.9 Å². The Morgan fingerprint density at radius 2 is 1.90 bits per heavy atom. The van der Waals surface area contributed by atoms with Crippen LogP contribution >= 0.6 is 11.8 Å². The second-order valence-electron chi connectivity index (χ2n) is 9.49. The summed E-state index contributed by atoms with van der Waals surface area (Å²) < 4.78 is 5.47. The molecule has 0 radical (unpaired) electrons. The quantitative estimate of drug-likeness (QED) is 0.165. The first kappa shape index (κ1) is 26.2. The molecule has 0 bridgehead atoms. The van der Waals surface area contributed by atoms with Crippen molar-refractivity contribution in [3.8, 4) is 0 Å². The standard InChI is InChI=1S/C26H30N10O3S/c1-40-26-31-21(30-19-5-6-20-17(12-19)16-29-33-20)13-22(32-26)35-7-9-36(10-8-35)25-27-14-18(15-28-25)24(37)34-39-23-4-2-3-11-38-23/h5-6,12-16,23H,2-4,7-11H2,1H3,(H,29,33)(H,34,37)(H,30,31,32). The monoisotopic (exact) mass is 562 g/mol. The minimum atomic E-state index is -0.408. The van der Waals surface area contributed by atoms with Gasteiger partial charge in [-0.3, -0.25) is 9.89 Å². The third kappa shape index (κ3) is 6.08. The summed E-state index contributed by atoms with van der Waals surface area (Å²) in [5.74, 6) is 1.78. The number of thioether (sulfide) groups is 1. The van der Waals surface area contributed by atoms with E-state index in [0.717, 1.165) is 60.6 Å². The number of aromatic nitrogens is 6. The maximum atomic E-state index is 12.4. The van der Waals surface area contributed by atoms with Crippen LogP contribution in [-0.2, 0) is 9.57 Å². The Morgan fingerprint density at radius 1 is 1.07 bits per heavy atom. The average molecular weight is 563 g/mol. The van der Waals surface area contributed by atoms with Crippen LogP contribution in [0, 0.1) is 0 Å². The van der Waals surface area contributed by atoms with Gasteiger partial charge in [-0.2, -0.15) is 5.10 Å². The number of nitrogens with one attached hydrogen (secondary N) is 3. The van der Waals surface area contributed by atoms with Gasteiger partial charge >= 0.3 is 0 Å². The normalized spacial score (nSPS) is 17.7. The second-order valence-corrected chi connectivity index (χ2v) is 10.3. The number of carbonyl (C=O) groups is 1. The molecule has 0 aliphatic carbocycles. The number of amides is 1. The molecule has 1 atom stereocenters. The van der Waals surface area contributed by atoms with Gasteiger partial charge in [0.05, 0.1) is 17.3 Å². The summed E-state index contributed by atoms with van der Waals surface area (Å²) in [6, 6.07) is 7.99. The number of piperazine rings is 1. The van der Waals surface area contributed by atoms with Gasteiger partial charge in [0.25, 0.3) is 5.91 Å². The number of hydrogen-bond donors (Lipinski definition) is 3. The molecule has 3 N–H and O–H groups in total. The molecular weight excluding hydrogens is 532 g/mol. The SMILES string of the molecule is CSc1nc(Nc2ccc3[nH]ncc3c2)cc(N2CCN(c3ncc(C(=O)NOC4CCCCO4)cn3)CC2)n1. The number of rotatable bonds is 8. The average Bonchev–Trinajstić information content (AvgIpc) is 3.48. The fourth-order valence-corrected chi connectivity index (χ4v) is 4.99. The van der Waals surface area contributed by atoms with E-state index in [4.69, 9.17) is 14.6 Å². The summed E-state index contributed by atoms with van der Waals surface area (Å²) in [5.41, 5.74) is 4.68. The summed E-state index contributed by atoms with van der Waals surface area (Å²) in [6.45, 7) is 3.56. The van der Waals surface area contributed by atoms with E-state index < -0.39 is 12.2 Å². The van der Waals surface area contributed by atoms with Crippen LogP contribution in [0.3, 0.4) is 0 Å². The Bertz CT molecular complexity index is 1450. The molecule has 14 heteroatoms. The molecule has 2 aliphatic rings. The molecule has 6 rings (SSSR count). The molecule has 2 fully saturated rings. The number of H-pyrrole nitrogens is 1. The predicted molar refractivity (Wildman–Crippen MR) is 152 cm³/mol. The minimum absolute atomic E-state index is 0.329. The van der Waals surface area contributed by atoms with Crippen molar-refractivity contribution in [2.24, 2.45) is 0 Å². The molecule has 208 valence electrons. The van der Waals surface area contributed by atoms with Crippen LogP contribution in [0.4, 0.5) is 23.3 Å². The largest absolute Gasteiger partial charge is 0.353 e. The number of ether oxygens (including phenoxy) is 1. The van der Waals surface area contributed by atoms with Gasteiger partial charge in [-0.05, 0) is 37.3 Å². The molecule has 13 nitrogen and oxygen atoms in total. The predicted octanol–water partition coefficient (Wildman–Crippen LogP) is 3.12. The molecule has 4 aromatic rings. The van der Waals surface area contributed by atoms with Crippen molar-refractivity contribution in [1.82, 2.24) is 35.6 Å². The smallest absolute Gasteiger partial charge is 0.278 e. The number of fused-ring (bicyclic) bond motifs is 1. The Labute approximate surface area is 235 Å². The number of aromatic amines is 1. The molecule has 0 saturated carbocycles. The van der Waals surface area contributed by atoms with Gasteiger partial charge in [0.1, 0.15) is 11.6 Å². The fraction of sp³-hybridized carbons (Fsp3) is 0.385. The van der Waals surface area contributed by atoms with Crippen molar-refractivity contribution in [1.29, 1.82) is 0 Å². The van der Waals surface area contributed by atoms with Gasteiger partial charge in [0.2, 0.25) is 5.95 Å². The number of anilines is 4. The van der Waals surface area contributed by atoms with Crippen LogP contribution in [0.25, 0.3) is 10.9 Å². The summed E-state index contributed by atoms with van der Waals surface area (Å²) >= 11 is 1.51. The highest BCUT2D eigenvalue weighted by molar-refractivity contribution is 7.98. The third-order valence-corrected chi connectivity index (χ3v) is 7.34. The van der Waals surface area contributed by atoms with Gasteiger partial charge in [0, 0.05) is 68.7 Å². The lowest BCUT2D eigenvalue weighted by atomic mass is 10.2. The van der Waals surface area contributed by atoms with Crippen molar-refractivity contribution >= 4 is 51.8 Å². The van der Waals surface area contributed by atoms with E-state index in [2.05, 4.69) is 45.7 Å². The van der Waals surface area contributed by atoms with Crippen LogP contribution in [0.1, 0.15) is 29.6 Å². The summed E-state index contributed by atoms with van der Waals surface area (Å²) in [4.78, 5) is 40.3. The van der Waals surface area contributed by atoms with E-state index in [-0.39, 0.29) is 0 Å². The summed E-state index contributed by atoms with van der Waals surface area (Å²) in [5, 5.41) is 12.2. The lowest BCUT2D eigenvalue weighted by molar-refractivity contribution is -0.186. The van der Waals surface area contributed by atoms with E-state index in [0.29, 0.717) is 36.4 Å². The summed E-state index contributed by atoms with van der Waals surface area (Å²) in [6.07, 6.45) is 9.18. The molecule has 0 spiro atoms. The molecule has 5 heterocycles. The first-order valence-corrected chi connectivity index (χ1v) is 14.4. The zero-order valence-corrected chi connectivity index (χ0v) is 22.9. The number of carbonyl (C=O) groups excluding carboxylic acids is 1. The Balaban J connectivity index is 1.06. The first-order valence-electron chi connectivity index (χ1n) is 13.2. The van der Waals surface area contributed by atoms with Crippen LogP contribution in [0.5, 0.6) is 0 Å². The highest BCUT2D eigenvalue weighted by Crippen LogP contribution is 2.26.